The first kappa shape index (κ1) is 15.1. The van der Waals surface area contributed by atoms with Gasteiger partial charge in [-0.2, -0.15) is 0 Å². The van der Waals surface area contributed by atoms with E-state index in [1.54, 1.807) is 13.2 Å². The summed E-state index contributed by atoms with van der Waals surface area (Å²) in [6.07, 6.45) is 4.55. The summed E-state index contributed by atoms with van der Waals surface area (Å²) < 4.78 is 7.07. The molecular weight excluding hydrogens is 290 g/mol. The first-order valence-corrected chi connectivity index (χ1v) is 7.53. The van der Waals surface area contributed by atoms with Gasteiger partial charge in [-0.3, -0.25) is 4.79 Å². The quantitative estimate of drug-likeness (QED) is 0.788. The number of carbonyl (C=O) groups excluding carboxylic acids is 1. The summed E-state index contributed by atoms with van der Waals surface area (Å²) in [6.45, 7) is 2.48. The summed E-state index contributed by atoms with van der Waals surface area (Å²) in [7, 11) is 1.65. The largest absolute Gasteiger partial charge is 0.497 e. The number of hydrogen-bond acceptors (Lipinski definition) is 3. The lowest BCUT2D eigenvalue weighted by molar-refractivity contribution is 0.0955. The summed E-state index contributed by atoms with van der Waals surface area (Å²) in [5, 5.41) is 2.95. The van der Waals surface area contributed by atoms with Crippen LogP contribution in [0, 0.1) is 6.92 Å². The predicted octanol–water partition coefficient (Wildman–Crippen LogP) is 2.62. The van der Waals surface area contributed by atoms with Crippen LogP contribution in [0.15, 0.2) is 48.8 Å². The van der Waals surface area contributed by atoms with E-state index in [0.29, 0.717) is 17.8 Å². The molecule has 23 heavy (non-hydrogen) atoms. The fraction of sp³-hybridized carbons (Fsp3) is 0.222. The van der Waals surface area contributed by atoms with E-state index in [-0.39, 0.29) is 5.91 Å². The van der Waals surface area contributed by atoms with Crippen molar-refractivity contribution in [3.05, 3.63) is 65.6 Å². The van der Waals surface area contributed by atoms with Crippen LogP contribution in [-0.2, 0) is 6.42 Å². The van der Waals surface area contributed by atoms with Crippen LogP contribution in [0.3, 0.4) is 0 Å². The molecule has 0 saturated heterocycles. The molecule has 0 aliphatic heterocycles. The Bertz CT molecular complexity index is 839. The molecule has 0 aliphatic carbocycles. The predicted molar refractivity (Wildman–Crippen MR) is 89.0 cm³/mol. The Labute approximate surface area is 134 Å². The fourth-order valence-corrected chi connectivity index (χ4v) is 2.56. The molecule has 2 heterocycles. The third-order valence-corrected chi connectivity index (χ3v) is 3.68. The van der Waals surface area contributed by atoms with E-state index in [2.05, 4.69) is 10.3 Å². The molecule has 0 unspecified atom stereocenters. The second-order valence-electron chi connectivity index (χ2n) is 5.39. The SMILES string of the molecule is COc1cccc(CCNC(=O)c2cccn3cc(C)nc23)c1. The molecule has 0 aliphatic rings. The zero-order chi connectivity index (χ0) is 16.2. The monoisotopic (exact) mass is 309 g/mol. The molecule has 3 rings (SSSR count). The number of fused-ring (bicyclic) bond motifs is 1. The Morgan fingerprint density at radius 1 is 1.30 bits per heavy atom. The van der Waals surface area contributed by atoms with Crippen molar-refractivity contribution in [2.24, 2.45) is 0 Å². The maximum Gasteiger partial charge on any atom is 0.255 e. The molecule has 0 bridgehead atoms. The third-order valence-electron chi connectivity index (χ3n) is 3.68. The molecule has 3 aromatic rings. The number of hydrogen-bond donors (Lipinski definition) is 1. The lowest BCUT2D eigenvalue weighted by Crippen LogP contribution is -2.26. The molecule has 0 fully saturated rings. The molecule has 1 aromatic carbocycles. The maximum atomic E-state index is 12.4. The van der Waals surface area contributed by atoms with Gasteiger partial charge in [0, 0.05) is 18.9 Å². The van der Waals surface area contributed by atoms with E-state index in [4.69, 9.17) is 4.74 Å². The van der Waals surface area contributed by atoms with Gasteiger partial charge in [-0.15, -0.1) is 0 Å². The second-order valence-corrected chi connectivity index (χ2v) is 5.39. The minimum Gasteiger partial charge on any atom is -0.497 e. The van der Waals surface area contributed by atoms with Gasteiger partial charge in [0.25, 0.3) is 5.91 Å². The molecule has 0 atom stereocenters. The number of pyridine rings is 1. The average molecular weight is 309 g/mol. The zero-order valence-electron chi connectivity index (χ0n) is 13.2. The molecule has 5 nitrogen and oxygen atoms in total. The Hall–Kier alpha value is -2.82. The van der Waals surface area contributed by atoms with Crippen molar-refractivity contribution in [3.8, 4) is 5.75 Å². The van der Waals surface area contributed by atoms with E-state index in [0.717, 1.165) is 23.4 Å². The molecule has 0 spiro atoms. The lowest BCUT2D eigenvalue weighted by Gasteiger charge is -2.07. The average Bonchev–Trinajstić information content (AvgIpc) is 2.95. The number of ether oxygens (including phenoxy) is 1. The molecule has 0 saturated carbocycles. The first-order chi connectivity index (χ1) is 11.2. The zero-order valence-corrected chi connectivity index (χ0v) is 13.2. The molecule has 0 radical (unpaired) electrons. The highest BCUT2D eigenvalue weighted by molar-refractivity contribution is 5.99. The van der Waals surface area contributed by atoms with Gasteiger partial charge in [0.1, 0.15) is 11.4 Å². The molecule has 1 N–H and O–H groups in total. The minimum absolute atomic E-state index is 0.107. The second kappa shape index (κ2) is 6.52. The topological polar surface area (TPSA) is 55.6 Å². The van der Waals surface area contributed by atoms with Crippen LogP contribution in [0.2, 0.25) is 0 Å². The third kappa shape index (κ3) is 3.34. The van der Waals surface area contributed by atoms with E-state index in [1.807, 2.05) is 54.0 Å². The summed E-state index contributed by atoms with van der Waals surface area (Å²) in [4.78, 5) is 16.8. The molecule has 1 amide bonds. The normalized spacial score (nSPS) is 10.7. The van der Waals surface area contributed by atoms with Crippen LogP contribution < -0.4 is 10.1 Å². The van der Waals surface area contributed by atoms with Gasteiger partial charge in [0.2, 0.25) is 0 Å². The highest BCUT2D eigenvalue weighted by Gasteiger charge is 2.11. The van der Waals surface area contributed by atoms with E-state index in [9.17, 15) is 4.79 Å². The van der Waals surface area contributed by atoms with Crippen LogP contribution in [-0.4, -0.2) is 28.9 Å². The van der Waals surface area contributed by atoms with Crippen LogP contribution in [0.1, 0.15) is 21.6 Å². The molecular formula is C18H19N3O2. The van der Waals surface area contributed by atoms with Gasteiger partial charge in [-0.1, -0.05) is 12.1 Å². The summed E-state index contributed by atoms with van der Waals surface area (Å²) in [5.74, 6) is 0.718. The van der Waals surface area contributed by atoms with Gasteiger partial charge in [-0.05, 0) is 43.2 Å². The standard InChI is InChI=1S/C18H19N3O2/c1-13-12-21-10-4-7-16(17(21)20-13)18(22)19-9-8-14-5-3-6-15(11-14)23-2/h3-7,10-12H,8-9H2,1-2H3,(H,19,22). The Balaban J connectivity index is 1.66. The van der Waals surface area contributed by atoms with Gasteiger partial charge in [-0.25, -0.2) is 4.98 Å². The summed E-state index contributed by atoms with van der Waals surface area (Å²) >= 11 is 0. The summed E-state index contributed by atoms with van der Waals surface area (Å²) in [6, 6.07) is 11.5. The van der Waals surface area contributed by atoms with Crippen molar-refractivity contribution >= 4 is 11.6 Å². The van der Waals surface area contributed by atoms with Gasteiger partial charge in [0.15, 0.2) is 0 Å². The van der Waals surface area contributed by atoms with Crippen molar-refractivity contribution in [1.29, 1.82) is 0 Å². The van der Waals surface area contributed by atoms with E-state index in [1.165, 1.54) is 0 Å². The maximum absolute atomic E-state index is 12.4. The number of rotatable bonds is 5. The highest BCUT2D eigenvalue weighted by Crippen LogP contribution is 2.13. The van der Waals surface area contributed by atoms with Crippen molar-refractivity contribution in [1.82, 2.24) is 14.7 Å². The number of methoxy groups -OCH3 is 1. The Morgan fingerprint density at radius 3 is 3.00 bits per heavy atom. The number of nitrogens with one attached hydrogen (secondary N) is 1. The highest BCUT2D eigenvalue weighted by atomic mass is 16.5. The van der Waals surface area contributed by atoms with Crippen LogP contribution in [0.25, 0.3) is 5.65 Å². The summed E-state index contributed by atoms with van der Waals surface area (Å²) in [5.41, 5.74) is 3.29. The minimum atomic E-state index is -0.107. The van der Waals surface area contributed by atoms with Crippen LogP contribution in [0.5, 0.6) is 5.75 Å². The van der Waals surface area contributed by atoms with Gasteiger partial charge in [0.05, 0.1) is 18.4 Å². The van der Waals surface area contributed by atoms with Crippen molar-refractivity contribution < 1.29 is 9.53 Å². The number of nitrogens with zero attached hydrogens (tertiary/aromatic N) is 2. The number of aryl methyl sites for hydroxylation is 1. The van der Waals surface area contributed by atoms with Crippen molar-refractivity contribution in [3.63, 3.8) is 0 Å². The number of aromatic nitrogens is 2. The van der Waals surface area contributed by atoms with Gasteiger partial charge < -0.3 is 14.5 Å². The number of imidazole rings is 1. The molecule has 2 aromatic heterocycles. The molecule has 118 valence electrons. The fourth-order valence-electron chi connectivity index (χ4n) is 2.56. The first-order valence-electron chi connectivity index (χ1n) is 7.53. The van der Waals surface area contributed by atoms with E-state index >= 15 is 0 Å². The number of amides is 1. The number of carbonyl (C=O) groups is 1. The van der Waals surface area contributed by atoms with E-state index < -0.39 is 0 Å². The lowest BCUT2D eigenvalue weighted by atomic mass is 10.1. The smallest absolute Gasteiger partial charge is 0.255 e. The van der Waals surface area contributed by atoms with Crippen LogP contribution in [0.4, 0.5) is 0 Å². The molecule has 5 heteroatoms. The van der Waals surface area contributed by atoms with Crippen molar-refractivity contribution in [2.75, 3.05) is 13.7 Å². The van der Waals surface area contributed by atoms with Crippen LogP contribution >= 0.6 is 0 Å². The number of benzene rings is 1. The van der Waals surface area contributed by atoms with Gasteiger partial charge >= 0.3 is 0 Å². The van der Waals surface area contributed by atoms with Crippen molar-refractivity contribution in [2.45, 2.75) is 13.3 Å². The Morgan fingerprint density at radius 2 is 2.17 bits per heavy atom. The Kier molecular flexibility index (Phi) is 4.28.